The second-order valence-corrected chi connectivity index (χ2v) is 5.71. The van der Waals surface area contributed by atoms with Crippen molar-refractivity contribution in [3.05, 3.63) is 36.0 Å². The first-order valence-electron chi connectivity index (χ1n) is 7.33. The second kappa shape index (κ2) is 5.81. The number of rotatable bonds is 4. The van der Waals surface area contributed by atoms with Gasteiger partial charge in [0.05, 0.1) is 6.10 Å². The minimum absolute atomic E-state index is 0.147. The maximum Gasteiger partial charge on any atom is 0.245 e. The zero-order valence-corrected chi connectivity index (χ0v) is 12.4. The Labute approximate surface area is 128 Å². The summed E-state index contributed by atoms with van der Waals surface area (Å²) in [5.41, 5.74) is 2.00. The van der Waals surface area contributed by atoms with Crippen LogP contribution in [0.25, 0.3) is 10.9 Å². The van der Waals surface area contributed by atoms with Gasteiger partial charge in [-0.15, -0.1) is 0 Å². The SMILES string of the molecule is CC(=O)NC(Cc1c[nH]c2ccccc12)C(=O)N1CC(O)C1. The number of nitrogens with one attached hydrogen (secondary N) is 2. The fourth-order valence-corrected chi connectivity index (χ4v) is 2.82. The van der Waals surface area contributed by atoms with Crippen molar-refractivity contribution in [2.45, 2.75) is 25.5 Å². The van der Waals surface area contributed by atoms with Gasteiger partial charge in [-0.1, -0.05) is 18.2 Å². The number of nitrogens with zero attached hydrogens (tertiary/aromatic N) is 1. The summed E-state index contributed by atoms with van der Waals surface area (Å²) < 4.78 is 0. The molecule has 1 aromatic heterocycles. The first-order chi connectivity index (χ1) is 10.5. The predicted octanol–water partition coefficient (Wildman–Crippen LogP) is 0.418. The number of likely N-dealkylation sites (tertiary alicyclic amines) is 1. The van der Waals surface area contributed by atoms with E-state index in [4.69, 9.17) is 0 Å². The Kier molecular flexibility index (Phi) is 3.85. The number of aromatic amines is 1. The van der Waals surface area contributed by atoms with Crippen molar-refractivity contribution in [1.82, 2.24) is 15.2 Å². The number of β-amino-alcohol motifs (C(OH)–C–C–N with tert-alkyl or cyclic N) is 1. The molecule has 1 unspecified atom stereocenters. The number of para-hydroxylation sites is 1. The molecule has 3 rings (SSSR count). The standard InChI is InChI=1S/C16H19N3O3/c1-10(20)18-15(16(22)19-8-12(21)9-19)6-11-7-17-14-5-3-2-4-13(11)14/h2-5,7,12,15,17,21H,6,8-9H2,1H3,(H,18,20). The van der Waals surface area contributed by atoms with Crippen molar-refractivity contribution in [2.75, 3.05) is 13.1 Å². The van der Waals surface area contributed by atoms with E-state index >= 15 is 0 Å². The summed E-state index contributed by atoms with van der Waals surface area (Å²) >= 11 is 0. The maximum atomic E-state index is 12.5. The molecule has 2 amide bonds. The first kappa shape index (κ1) is 14.6. The van der Waals surface area contributed by atoms with Gasteiger partial charge in [0, 0.05) is 43.5 Å². The number of carbonyl (C=O) groups excluding carboxylic acids is 2. The molecule has 0 aliphatic carbocycles. The van der Waals surface area contributed by atoms with Gasteiger partial charge in [0.15, 0.2) is 0 Å². The molecule has 2 heterocycles. The molecule has 1 fully saturated rings. The second-order valence-electron chi connectivity index (χ2n) is 5.71. The molecule has 116 valence electrons. The van der Waals surface area contributed by atoms with Gasteiger partial charge in [0.1, 0.15) is 6.04 Å². The average molecular weight is 301 g/mol. The Morgan fingerprint density at radius 1 is 1.41 bits per heavy atom. The molecule has 1 aliphatic rings. The van der Waals surface area contributed by atoms with Crippen molar-refractivity contribution in [2.24, 2.45) is 0 Å². The lowest BCUT2D eigenvalue weighted by Gasteiger charge is -2.38. The summed E-state index contributed by atoms with van der Waals surface area (Å²) in [6.07, 6.45) is 1.85. The topological polar surface area (TPSA) is 85.4 Å². The van der Waals surface area contributed by atoms with Crippen LogP contribution in [-0.2, 0) is 16.0 Å². The van der Waals surface area contributed by atoms with E-state index in [9.17, 15) is 14.7 Å². The molecule has 1 aromatic carbocycles. The van der Waals surface area contributed by atoms with Crippen LogP contribution >= 0.6 is 0 Å². The van der Waals surface area contributed by atoms with Crippen LogP contribution in [0.4, 0.5) is 0 Å². The van der Waals surface area contributed by atoms with Gasteiger partial charge < -0.3 is 20.3 Å². The lowest BCUT2D eigenvalue weighted by molar-refractivity contribution is -0.145. The highest BCUT2D eigenvalue weighted by Crippen LogP contribution is 2.20. The van der Waals surface area contributed by atoms with Crippen molar-refractivity contribution in [1.29, 1.82) is 0 Å². The van der Waals surface area contributed by atoms with E-state index in [1.165, 1.54) is 6.92 Å². The molecule has 1 atom stereocenters. The largest absolute Gasteiger partial charge is 0.389 e. The lowest BCUT2D eigenvalue weighted by Crippen LogP contribution is -2.59. The van der Waals surface area contributed by atoms with Crippen LogP contribution in [-0.4, -0.2) is 52.0 Å². The summed E-state index contributed by atoms with van der Waals surface area (Å²) in [6.45, 7) is 2.08. The van der Waals surface area contributed by atoms with Crippen molar-refractivity contribution >= 4 is 22.7 Å². The Hall–Kier alpha value is -2.34. The lowest BCUT2D eigenvalue weighted by atomic mass is 10.0. The molecule has 6 nitrogen and oxygen atoms in total. The summed E-state index contributed by atoms with van der Waals surface area (Å²) in [4.78, 5) is 28.6. The van der Waals surface area contributed by atoms with Crippen LogP contribution in [0.15, 0.2) is 30.5 Å². The van der Waals surface area contributed by atoms with Gasteiger partial charge in [0.25, 0.3) is 0 Å². The summed E-state index contributed by atoms with van der Waals surface area (Å²) in [6, 6.07) is 7.24. The maximum absolute atomic E-state index is 12.5. The molecular formula is C16H19N3O3. The fourth-order valence-electron chi connectivity index (χ4n) is 2.82. The first-order valence-corrected chi connectivity index (χ1v) is 7.33. The number of carbonyl (C=O) groups is 2. The van der Waals surface area contributed by atoms with Crippen molar-refractivity contribution in [3.63, 3.8) is 0 Å². The molecule has 22 heavy (non-hydrogen) atoms. The van der Waals surface area contributed by atoms with Crippen LogP contribution < -0.4 is 5.32 Å². The van der Waals surface area contributed by atoms with Crippen LogP contribution in [0.1, 0.15) is 12.5 Å². The highest BCUT2D eigenvalue weighted by atomic mass is 16.3. The van der Waals surface area contributed by atoms with E-state index in [1.807, 2.05) is 30.5 Å². The summed E-state index contributed by atoms with van der Waals surface area (Å²) in [5, 5.41) is 13.1. The van der Waals surface area contributed by atoms with Crippen LogP contribution in [0.3, 0.4) is 0 Å². The highest BCUT2D eigenvalue weighted by molar-refractivity contribution is 5.89. The quantitative estimate of drug-likeness (QED) is 0.765. The highest BCUT2D eigenvalue weighted by Gasteiger charge is 2.34. The minimum atomic E-state index is -0.607. The van der Waals surface area contributed by atoms with E-state index < -0.39 is 12.1 Å². The van der Waals surface area contributed by atoms with Gasteiger partial charge >= 0.3 is 0 Å². The monoisotopic (exact) mass is 301 g/mol. The number of amides is 2. The van der Waals surface area contributed by atoms with Gasteiger partial charge in [-0.3, -0.25) is 9.59 Å². The van der Waals surface area contributed by atoms with Crippen molar-refractivity contribution < 1.29 is 14.7 Å². The smallest absolute Gasteiger partial charge is 0.245 e. The zero-order chi connectivity index (χ0) is 15.7. The Morgan fingerprint density at radius 2 is 2.14 bits per heavy atom. The molecule has 0 spiro atoms. The normalized spacial score (nSPS) is 16.4. The van der Waals surface area contributed by atoms with Gasteiger partial charge in [-0.05, 0) is 11.6 Å². The minimum Gasteiger partial charge on any atom is -0.389 e. The van der Waals surface area contributed by atoms with E-state index in [0.29, 0.717) is 19.5 Å². The molecular weight excluding hydrogens is 282 g/mol. The molecule has 1 saturated heterocycles. The van der Waals surface area contributed by atoms with Gasteiger partial charge in [-0.2, -0.15) is 0 Å². The number of hydrogen-bond donors (Lipinski definition) is 3. The van der Waals surface area contributed by atoms with Crippen molar-refractivity contribution in [3.8, 4) is 0 Å². The van der Waals surface area contributed by atoms with E-state index in [-0.39, 0.29) is 11.8 Å². The molecule has 0 radical (unpaired) electrons. The van der Waals surface area contributed by atoms with Crippen LogP contribution in [0, 0.1) is 0 Å². The van der Waals surface area contributed by atoms with Gasteiger partial charge in [-0.25, -0.2) is 0 Å². The Balaban J connectivity index is 1.80. The van der Waals surface area contributed by atoms with Crippen LogP contribution in [0.2, 0.25) is 0 Å². The molecule has 6 heteroatoms. The zero-order valence-electron chi connectivity index (χ0n) is 12.4. The van der Waals surface area contributed by atoms with Gasteiger partial charge in [0.2, 0.25) is 11.8 Å². The number of aromatic nitrogens is 1. The summed E-state index contributed by atoms with van der Waals surface area (Å²) in [7, 11) is 0. The number of H-pyrrole nitrogens is 1. The number of hydrogen-bond acceptors (Lipinski definition) is 3. The molecule has 3 N–H and O–H groups in total. The Morgan fingerprint density at radius 3 is 2.82 bits per heavy atom. The van der Waals surface area contributed by atoms with Crippen LogP contribution in [0.5, 0.6) is 0 Å². The fraction of sp³-hybridized carbons (Fsp3) is 0.375. The van der Waals surface area contributed by atoms with E-state index in [1.54, 1.807) is 4.90 Å². The Bertz CT molecular complexity index is 703. The number of benzene rings is 1. The molecule has 0 saturated carbocycles. The third-order valence-corrected chi connectivity index (χ3v) is 3.95. The molecule has 2 aromatic rings. The molecule has 0 bridgehead atoms. The number of aliphatic hydroxyl groups is 1. The summed E-state index contributed by atoms with van der Waals surface area (Å²) in [5.74, 6) is -0.384. The van der Waals surface area contributed by atoms with E-state index in [0.717, 1.165) is 16.5 Å². The third-order valence-electron chi connectivity index (χ3n) is 3.95. The molecule has 1 aliphatic heterocycles. The number of fused-ring (bicyclic) bond motifs is 1. The number of aliphatic hydroxyl groups excluding tert-OH is 1. The van der Waals surface area contributed by atoms with E-state index in [2.05, 4.69) is 10.3 Å². The average Bonchev–Trinajstić information content (AvgIpc) is 2.85. The third kappa shape index (κ3) is 2.82. The predicted molar refractivity (Wildman–Crippen MR) is 82.2 cm³/mol.